The number of unbranched alkanes of at least 4 members (excludes halogenated alkanes) is 2. The molecule has 0 bridgehead atoms. The molecule has 0 atom stereocenters. The number of aromatic carboxylic acids is 1. The van der Waals surface area contributed by atoms with Crippen LogP contribution in [0.2, 0.25) is 0 Å². The Balaban J connectivity index is 2.44. The van der Waals surface area contributed by atoms with Crippen molar-refractivity contribution < 1.29 is 19.7 Å². The topological polar surface area (TPSA) is 79.7 Å². The predicted molar refractivity (Wildman–Crippen MR) is 57.6 cm³/mol. The largest absolute Gasteiger partial charge is 0.491 e. The van der Waals surface area contributed by atoms with E-state index in [9.17, 15) is 4.79 Å². The molecule has 0 aliphatic rings. The van der Waals surface area contributed by atoms with E-state index in [0.717, 1.165) is 19.3 Å². The first-order chi connectivity index (χ1) is 7.75. The molecule has 5 heteroatoms. The SMILES string of the molecule is O=C(O)c1ncccc1OCCCCCO. The fourth-order valence-corrected chi connectivity index (χ4v) is 1.24. The zero-order valence-electron chi connectivity index (χ0n) is 8.93. The zero-order chi connectivity index (χ0) is 11.8. The second kappa shape index (κ2) is 6.79. The smallest absolute Gasteiger partial charge is 0.358 e. The van der Waals surface area contributed by atoms with Gasteiger partial charge in [0.1, 0.15) is 0 Å². The van der Waals surface area contributed by atoms with Gasteiger partial charge in [0.25, 0.3) is 0 Å². The minimum absolute atomic E-state index is 0.0651. The lowest BCUT2D eigenvalue weighted by Gasteiger charge is -2.07. The van der Waals surface area contributed by atoms with Crippen LogP contribution in [0.5, 0.6) is 5.75 Å². The molecule has 1 aromatic rings. The molecule has 1 rings (SSSR count). The number of nitrogens with zero attached hydrogens (tertiary/aromatic N) is 1. The molecule has 0 aromatic carbocycles. The molecule has 0 fully saturated rings. The molecular weight excluding hydrogens is 210 g/mol. The van der Waals surface area contributed by atoms with Crippen molar-refractivity contribution in [1.29, 1.82) is 0 Å². The summed E-state index contributed by atoms with van der Waals surface area (Å²) < 4.78 is 5.32. The molecule has 0 spiro atoms. The van der Waals surface area contributed by atoms with E-state index >= 15 is 0 Å². The summed E-state index contributed by atoms with van der Waals surface area (Å²) in [7, 11) is 0. The van der Waals surface area contributed by atoms with Gasteiger partial charge in [0.05, 0.1) is 6.61 Å². The van der Waals surface area contributed by atoms with Gasteiger partial charge >= 0.3 is 5.97 Å². The summed E-state index contributed by atoms with van der Waals surface area (Å²) in [5, 5.41) is 17.4. The van der Waals surface area contributed by atoms with Gasteiger partial charge < -0.3 is 14.9 Å². The van der Waals surface area contributed by atoms with E-state index < -0.39 is 5.97 Å². The molecule has 0 saturated carbocycles. The van der Waals surface area contributed by atoms with Crippen LogP contribution in [0.1, 0.15) is 29.8 Å². The highest BCUT2D eigenvalue weighted by Crippen LogP contribution is 2.15. The summed E-state index contributed by atoms with van der Waals surface area (Å²) in [6.45, 7) is 0.610. The Morgan fingerprint density at radius 1 is 1.38 bits per heavy atom. The van der Waals surface area contributed by atoms with Crippen LogP contribution in [0.3, 0.4) is 0 Å². The second-order valence-electron chi connectivity index (χ2n) is 3.29. The van der Waals surface area contributed by atoms with E-state index in [4.69, 9.17) is 14.9 Å². The molecule has 0 aliphatic heterocycles. The molecule has 16 heavy (non-hydrogen) atoms. The molecule has 0 aliphatic carbocycles. The number of rotatable bonds is 7. The zero-order valence-corrected chi connectivity index (χ0v) is 8.93. The number of aliphatic hydroxyl groups excluding tert-OH is 1. The van der Waals surface area contributed by atoms with Gasteiger partial charge in [-0.1, -0.05) is 0 Å². The average molecular weight is 225 g/mol. The van der Waals surface area contributed by atoms with Crippen LogP contribution >= 0.6 is 0 Å². The first-order valence-corrected chi connectivity index (χ1v) is 5.17. The molecule has 5 nitrogen and oxygen atoms in total. The van der Waals surface area contributed by atoms with Gasteiger partial charge in [-0.25, -0.2) is 9.78 Å². The van der Waals surface area contributed by atoms with Crippen molar-refractivity contribution in [1.82, 2.24) is 4.98 Å². The number of aromatic nitrogens is 1. The van der Waals surface area contributed by atoms with Gasteiger partial charge in [0.15, 0.2) is 11.4 Å². The Hall–Kier alpha value is -1.62. The van der Waals surface area contributed by atoms with Crippen LogP contribution in [-0.4, -0.2) is 34.4 Å². The molecule has 0 radical (unpaired) electrons. The predicted octanol–water partition coefficient (Wildman–Crippen LogP) is 1.32. The van der Waals surface area contributed by atoms with Crippen molar-refractivity contribution in [2.75, 3.05) is 13.2 Å². The van der Waals surface area contributed by atoms with Crippen molar-refractivity contribution in [2.24, 2.45) is 0 Å². The van der Waals surface area contributed by atoms with Crippen LogP contribution in [0.15, 0.2) is 18.3 Å². The fraction of sp³-hybridized carbons (Fsp3) is 0.455. The average Bonchev–Trinajstić information content (AvgIpc) is 2.29. The van der Waals surface area contributed by atoms with E-state index in [1.807, 2.05) is 0 Å². The first-order valence-electron chi connectivity index (χ1n) is 5.17. The lowest BCUT2D eigenvalue weighted by molar-refractivity contribution is 0.0685. The maximum Gasteiger partial charge on any atom is 0.358 e. The third kappa shape index (κ3) is 3.86. The van der Waals surface area contributed by atoms with Crippen molar-refractivity contribution in [3.8, 4) is 5.75 Å². The van der Waals surface area contributed by atoms with Crippen LogP contribution < -0.4 is 4.74 Å². The van der Waals surface area contributed by atoms with Gasteiger partial charge in [0, 0.05) is 12.8 Å². The summed E-state index contributed by atoms with van der Waals surface area (Å²) in [4.78, 5) is 14.5. The Bertz CT molecular complexity index is 341. The highest BCUT2D eigenvalue weighted by molar-refractivity contribution is 5.88. The number of carboxylic acids is 1. The van der Waals surface area contributed by atoms with Crippen LogP contribution in [0.4, 0.5) is 0 Å². The normalized spacial score (nSPS) is 10.1. The first kappa shape index (κ1) is 12.4. The van der Waals surface area contributed by atoms with Crippen LogP contribution in [0.25, 0.3) is 0 Å². The van der Waals surface area contributed by atoms with Gasteiger partial charge in [-0.3, -0.25) is 0 Å². The molecule has 88 valence electrons. The van der Waals surface area contributed by atoms with Crippen LogP contribution in [-0.2, 0) is 0 Å². The van der Waals surface area contributed by atoms with Gasteiger partial charge in [-0.2, -0.15) is 0 Å². The van der Waals surface area contributed by atoms with Crippen LogP contribution in [0, 0.1) is 0 Å². The van der Waals surface area contributed by atoms with Gasteiger partial charge in [-0.05, 0) is 31.4 Å². The van der Waals surface area contributed by atoms with E-state index in [2.05, 4.69) is 4.98 Å². The second-order valence-corrected chi connectivity index (χ2v) is 3.29. The maximum absolute atomic E-state index is 10.8. The molecule has 0 unspecified atom stereocenters. The van der Waals surface area contributed by atoms with E-state index in [1.54, 1.807) is 12.1 Å². The number of hydrogen-bond acceptors (Lipinski definition) is 4. The number of hydrogen-bond donors (Lipinski definition) is 2. The fourth-order valence-electron chi connectivity index (χ4n) is 1.24. The summed E-state index contributed by atoms with van der Waals surface area (Å²) in [6, 6.07) is 3.22. The Morgan fingerprint density at radius 2 is 2.19 bits per heavy atom. The van der Waals surface area contributed by atoms with Gasteiger partial charge in [-0.15, -0.1) is 0 Å². The number of aliphatic hydroxyl groups is 1. The molecule has 0 amide bonds. The molecule has 1 heterocycles. The third-order valence-corrected chi connectivity index (χ3v) is 2.03. The van der Waals surface area contributed by atoms with E-state index in [0.29, 0.717) is 12.4 Å². The molecule has 2 N–H and O–H groups in total. The summed E-state index contributed by atoms with van der Waals surface area (Å²) in [5.74, 6) is -0.801. The quantitative estimate of drug-likeness (QED) is 0.684. The standard InChI is InChI=1S/C11H15NO4/c13-7-2-1-3-8-16-9-5-4-6-12-10(9)11(14)15/h4-6,13H,1-3,7-8H2,(H,14,15). The Kier molecular flexibility index (Phi) is 5.28. The number of carbonyl (C=O) groups is 1. The summed E-state index contributed by atoms with van der Waals surface area (Å²) in [5.41, 5.74) is -0.0651. The van der Waals surface area contributed by atoms with Crippen molar-refractivity contribution >= 4 is 5.97 Å². The Morgan fingerprint density at radius 3 is 2.88 bits per heavy atom. The molecule has 0 saturated heterocycles. The highest BCUT2D eigenvalue weighted by atomic mass is 16.5. The lowest BCUT2D eigenvalue weighted by atomic mass is 10.2. The molecule has 1 aromatic heterocycles. The number of pyridine rings is 1. The minimum atomic E-state index is -1.09. The summed E-state index contributed by atoms with van der Waals surface area (Å²) in [6.07, 6.45) is 3.80. The van der Waals surface area contributed by atoms with Crippen molar-refractivity contribution in [3.63, 3.8) is 0 Å². The van der Waals surface area contributed by atoms with Gasteiger partial charge in [0.2, 0.25) is 0 Å². The van der Waals surface area contributed by atoms with Crippen molar-refractivity contribution in [2.45, 2.75) is 19.3 Å². The molecular formula is C11H15NO4. The summed E-state index contributed by atoms with van der Waals surface area (Å²) >= 11 is 0. The maximum atomic E-state index is 10.8. The third-order valence-electron chi connectivity index (χ3n) is 2.03. The highest BCUT2D eigenvalue weighted by Gasteiger charge is 2.11. The van der Waals surface area contributed by atoms with E-state index in [-0.39, 0.29) is 12.3 Å². The monoisotopic (exact) mass is 225 g/mol. The minimum Gasteiger partial charge on any atom is -0.491 e. The van der Waals surface area contributed by atoms with Crippen molar-refractivity contribution in [3.05, 3.63) is 24.0 Å². The van der Waals surface area contributed by atoms with E-state index in [1.165, 1.54) is 6.20 Å². The lowest BCUT2D eigenvalue weighted by Crippen LogP contribution is -2.06. The number of carboxylic acid groups (broad SMARTS) is 1. The number of ether oxygens (including phenoxy) is 1. The Labute approximate surface area is 93.7 Å².